The van der Waals surface area contributed by atoms with E-state index >= 15 is 0 Å². The van der Waals surface area contributed by atoms with Gasteiger partial charge in [-0.1, -0.05) is 6.07 Å². The van der Waals surface area contributed by atoms with Crippen LogP contribution in [0.4, 0.5) is 0 Å². The second kappa shape index (κ2) is 2.06. The van der Waals surface area contributed by atoms with E-state index in [0.717, 1.165) is 16.4 Å². The molecule has 3 heteroatoms. The van der Waals surface area contributed by atoms with Gasteiger partial charge in [0, 0.05) is 0 Å². The Morgan fingerprint density at radius 3 is 3.20 bits per heavy atom. The van der Waals surface area contributed by atoms with Crippen LogP contribution in [0.25, 0.3) is 11.1 Å². The lowest BCUT2D eigenvalue weighted by molar-refractivity contribution is 0.602. The minimum atomic E-state index is 0.840. The number of oxazole rings is 1. The van der Waals surface area contributed by atoms with Crippen molar-refractivity contribution in [1.29, 1.82) is 0 Å². The van der Waals surface area contributed by atoms with E-state index in [2.05, 4.69) is 14.2 Å². The Kier molecular flexibility index (Phi) is 1.21. The number of hydrogen-bond acceptors (Lipinski definition) is 2. The van der Waals surface area contributed by atoms with Gasteiger partial charge in [-0.05, 0) is 17.4 Å². The van der Waals surface area contributed by atoms with Crippen LogP contribution in [0.5, 0.6) is 0 Å². The van der Waals surface area contributed by atoms with Crippen LogP contribution in [0.15, 0.2) is 29.0 Å². The summed E-state index contributed by atoms with van der Waals surface area (Å²) in [6.45, 7) is 0. The molecule has 0 aliphatic heterocycles. The minimum absolute atomic E-state index is 0.840. The Bertz CT molecular complexity index is 355. The van der Waals surface area contributed by atoms with Gasteiger partial charge in [0.2, 0.25) is 0 Å². The Morgan fingerprint density at radius 2 is 2.30 bits per heavy atom. The van der Waals surface area contributed by atoms with E-state index in [9.17, 15) is 0 Å². The van der Waals surface area contributed by atoms with Gasteiger partial charge < -0.3 is 4.42 Å². The zero-order valence-corrected chi connectivity index (χ0v) is 6.40. The van der Waals surface area contributed by atoms with Gasteiger partial charge in [-0.25, -0.2) is 4.98 Å². The van der Waals surface area contributed by atoms with Crippen LogP contribution in [-0.2, 0) is 0 Å². The Hall–Kier alpha value is -0.880. The second-order valence-electron chi connectivity index (χ2n) is 2.08. The van der Waals surface area contributed by atoms with E-state index in [4.69, 9.17) is 4.42 Å². The number of benzene rings is 1. The van der Waals surface area contributed by atoms with Gasteiger partial charge in [0.1, 0.15) is 5.52 Å². The first-order chi connectivity index (χ1) is 4.86. The number of rotatable bonds is 0. The highest BCUT2D eigenvalue weighted by molar-refractivity contribution is 7.27. The fourth-order valence-corrected chi connectivity index (χ4v) is 1.12. The zero-order chi connectivity index (χ0) is 6.97. The highest BCUT2D eigenvalue weighted by Crippen LogP contribution is 2.09. The fourth-order valence-electron chi connectivity index (χ4n) is 0.872. The molecular weight excluding hydrogens is 145 g/mol. The molecule has 1 atom stereocenters. The summed E-state index contributed by atoms with van der Waals surface area (Å²) in [5.41, 5.74) is 1.75. The average molecular weight is 151 g/mol. The third-order valence-corrected chi connectivity index (χ3v) is 1.71. The summed E-state index contributed by atoms with van der Waals surface area (Å²) in [7, 11) is 2.61. The summed E-state index contributed by atoms with van der Waals surface area (Å²) in [5.74, 6) is 0. The van der Waals surface area contributed by atoms with Gasteiger partial charge in [-0.2, -0.15) is 0 Å². The maximum Gasteiger partial charge on any atom is 0.181 e. The Morgan fingerprint density at radius 1 is 1.40 bits per heavy atom. The van der Waals surface area contributed by atoms with Gasteiger partial charge in [0.25, 0.3) is 0 Å². The summed E-state index contributed by atoms with van der Waals surface area (Å²) in [6, 6.07) is 5.85. The standard InChI is InChI=1S/C7H6NOP/c10-5-1-2-6-7(3-5)9-4-8-6/h1-4H,10H2. The van der Waals surface area contributed by atoms with Crippen molar-refractivity contribution >= 4 is 25.6 Å². The molecule has 0 radical (unpaired) electrons. The van der Waals surface area contributed by atoms with Crippen molar-refractivity contribution < 1.29 is 4.42 Å². The molecule has 0 spiro atoms. The molecule has 2 nitrogen and oxygen atoms in total. The van der Waals surface area contributed by atoms with Gasteiger partial charge in [0.15, 0.2) is 12.0 Å². The van der Waals surface area contributed by atoms with Crippen LogP contribution in [0, 0.1) is 0 Å². The van der Waals surface area contributed by atoms with Crippen LogP contribution >= 0.6 is 9.24 Å². The van der Waals surface area contributed by atoms with Gasteiger partial charge in [0.05, 0.1) is 0 Å². The van der Waals surface area contributed by atoms with Crippen molar-refractivity contribution in [2.45, 2.75) is 0 Å². The summed E-state index contributed by atoms with van der Waals surface area (Å²) in [5, 5.41) is 1.12. The third-order valence-electron chi connectivity index (χ3n) is 1.36. The summed E-state index contributed by atoms with van der Waals surface area (Å²) in [6.07, 6.45) is 1.45. The van der Waals surface area contributed by atoms with Gasteiger partial charge >= 0.3 is 0 Å². The first kappa shape index (κ1) is 5.87. The first-order valence-electron chi connectivity index (χ1n) is 2.95. The van der Waals surface area contributed by atoms with E-state index in [1.54, 1.807) is 0 Å². The molecule has 0 amide bonds. The third kappa shape index (κ3) is 0.812. The normalized spacial score (nSPS) is 10.5. The quantitative estimate of drug-likeness (QED) is 0.531. The van der Waals surface area contributed by atoms with E-state index in [-0.39, 0.29) is 0 Å². The zero-order valence-electron chi connectivity index (χ0n) is 5.24. The molecule has 50 valence electrons. The molecule has 10 heavy (non-hydrogen) atoms. The molecule has 0 fully saturated rings. The predicted octanol–water partition coefficient (Wildman–Crippen LogP) is 1.33. The molecule has 1 aromatic carbocycles. The molecule has 1 heterocycles. The van der Waals surface area contributed by atoms with Crippen LogP contribution in [0.3, 0.4) is 0 Å². The predicted molar refractivity (Wildman–Crippen MR) is 43.4 cm³/mol. The highest BCUT2D eigenvalue weighted by Gasteiger charge is 1.95. The molecular formula is C7H6NOP. The van der Waals surface area contributed by atoms with Crippen molar-refractivity contribution in [3.8, 4) is 0 Å². The number of hydrogen-bond donors (Lipinski definition) is 0. The van der Waals surface area contributed by atoms with E-state index in [0.29, 0.717) is 0 Å². The van der Waals surface area contributed by atoms with Crippen molar-refractivity contribution in [3.63, 3.8) is 0 Å². The van der Waals surface area contributed by atoms with Crippen molar-refractivity contribution in [3.05, 3.63) is 24.6 Å². The fraction of sp³-hybridized carbons (Fsp3) is 0. The maximum atomic E-state index is 5.07. The summed E-state index contributed by atoms with van der Waals surface area (Å²) >= 11 is 0. The van der Waals surface area contributed by atoms with Crippen LogP contribution in [0.2, 0.25) is 0 Å². The lowest BCUT2D eigenvalue weighted by atomic mass is 10.3. The average Bonchev–Trinajstić information content (AvgIpc) is 2.33. The van der Waals surface area contributed by atoms with Crippen LogP contribution in [0.1, 0.15) is 0 Å². The molecule has 0 bridgehead atoms. The van der Waals surface area contributed by atoms with Crippen LogP contribution < -0.4 is 5.30 Å². The molecule has 0 saturated carbocycles. The Balaban J connectivity index is 2.86. The number of aromatic nitrogens is 1. The lowest BCUT2D eigenvalue weighted by Gasteiger charge is -1.87. The molecule has 1 aromatic heterocycles. The van der Waals surface area contributed by atoms with Crippen LogP contribution in [-0.4, -0.2) is 4.98 Å². The number of fused-ring (bicyclic) bond motifs is 1. The van der Waals surface area contributed by atoms with Crippen molar-refractivity contribution in [1.82, 2.24) is 4.98 Å². The molecule has 0 aliphatic carbocycles. The van der Waals surface area contributed by atoms with E-state index < -0.39 is 0 Å². The lowest BCUT2D eigenvalue weighted by Crippen LogP contribution is -1.85. The highest BCUT2D eigenvalue weighted by atomic mass is 31.0. The van der Waals surface area contributed by atoms with Crippen molar-refractivity contribution in [2.24, 2.45) is 0 Å². The maximum absolute atomic E-state index is 5.07. The molecule has 1 unspecified atom stereocenters. The molecule has 2 aromatic rings. The topological polar surface area (TPSA) is 26.0 Å². The minimum Gasteiger partial charge on any atom is -0.443 e. The monoisotopic (exact) mass is 151 g/mol. The van der Waals surface area contributed by atoms with Gasteiger partial charge in [-0.15, -0.1) is 9.24 Å². The number of nitrogens with zero attached hydrogens (tertiary/aromatic N) is 1. The van der Waals surface area contributed by atoms with E-state index in [1.807, 2.05) is 18.2 Å². The van der Waals surface area contributed by atoms with Gasteiger partial charge in [-0.3, -0.25) is 0 Å². The van der Waals surface area contributed by atoms with Crippen molar-refractivity contribution in [2.75, 3.05) is 0 Å². The molecule has 2 rings (SSSR count). The summed E-state index contributed by atoms with van der Waals surface area (Å²) in [4.78, 5) is 3.98. The summed E-state index contributed by atoms with van der Waals surface area (Å²) < 4.78 is 5.07. The Labute approximate surface area is 60.5 Å². The largest absolute Gasteiger partial charge is 0.443 e. The first-order valence-corrected chi connectivity index (χ1v) is 3.53. The molecule has 0 saturated heterocycles. The molecule has 0 N–H and O–H groups in total. The SMILES string of the molecule is Pc1ccc2ncoc2c1. The smallest absolute Gasteiger partial charge is 0.181 e. The second-order valence-corrected chi connectivity index (χ2v) is 2.75. The van der Waals surface area contributed by atoms with E-state index in [1.165, 1.54) is 6.39 Å². The molecule has 0 aliphatic rings.